The molecule has 190 valence electrons. The summed E-state index contributed by atoms with van der Waals surface area (Å²) in [6.45, 7) is 9.38. The molecule has 6 rings (SSSR count). The van der Waals surface area contributed by atoms with Crippen LogP contribution in [-0.4, -0.2) is 69.3 Å². The fraction of sp³-hybridized carbons (Fsp3) is 0.286. The number of benzene rings is 2. The minimum Gasteiger partial charge on any atom is -0.493 e. The number of rotatable bonds is 8. The Balaban J connectivity index is 1.19. The van der Waals surface area contributed by atoms with Gasteiger partial charge in [0, 0.05) is 61.6 Å². The molecule has 2 aliphatic rings. The first kappa shape index (κ1) is 23.8. The molecule has 0 bridgehead atoms. The van der Waals surface area contributed by atoms with Gasteiger partial charge in [0.1, 0.15) is 11.4 Å². The van der Waals surface area contributed by atoms with Gasteiger partial charge in [0.05, 0.1) is 22.8 Å². The average molecular weight is 517 g/mol. The van der Waals surface area contributed by atoms with E-state index >= 15 is 0 Å². The highest BCUT2D eigenvalue weighted by atomic mass is 35.5. The second kappa shape index (κ2) is 9.37. The smallest absolute Gasteiger partial charge is 0.224 e. The third-order valence-electron chi connectivity index (χ3n) is 7.28. The van der Waals surface area contributed by atoms with Crippen molar-refractivity contribution in [2.24, 2.45) is 5.41 Å². The van der Waals surface area contributed by atoms with Crippen LogP contribution in [0.15, 0.2) is 67.4 Å². The molecule has 37 heavy (non-hydrogen) atoms. The van der Waals surface area contributed by atoms with Crippen LogP contribution in [0.25, 0.3) is 22.4 Å². The molecule has 0 unspecified atom stereocenters. The van der Waals surface area contributed by atoms with Gasteiger partial charge in [-0.05, 0) is 42.0 Å². The number of pyridine rings is 1. The summed E-state index contributed by atoms with van der Waals surface area (Å²) in [5, 5.41) is 25.0. The van der Waals surface area contributed by atoms with Crippen molar-refractivity contribution in [3.63, 3.8) is 0 Å². The third-order valence-corrected chi connectivity index (χ3v) is 7.51. The predicted molar refractivity (Wildman–Crippen MR) is 147 cm³/mol. The normalized spacial score (nSPS) is 17.4. The van der Waals surface area contributed by atoms with Crippen molar-refractivity contribution in [3.05, 3.63) is 78.0 Å². The number of hydrogen-bond donors (Lipinski definition) is 4. The van der Waals surface area contributed by atoms with E-state index in [0.29, 0.717) is 33.1 Å². The molecule has 2 aliphatic heterocycles. The number of H-pyrrole nitrogens is 1. The Morgan fingerprint density at radius 1 is 1.16 bits per heavy atom. The van der Waals surface area contributed by atoms with E-state index in [0.717, 1.165) is 49.4 Å². The lowest BCUT2D eigenvalue weighted by Crippen LogP contribution is -2.72. The molecule has 9 heteroatoms. The maximum atomic E-state index is 10.6. The van der Waals surface area contributed by atoms with Crippen LogP contribution >= 0.6 is 11.6 Å². The molecule has 2 aromatic heterocycles. The van der Waals surface area contributed by atoms with E-state index in [1.54, 1.807) is 24.3 Å². The molecule has 2 saturated heterocycles. The minimum absolute atomic E-state index is 0.139. The number of nitrogens with one attached hydrogen (secondary N) is 2. The molecular formula is C28H29ClN6O2. The summed E-state index contributed by atoms with van der Waals surface area (Å²) in [5.74, 6) is 0.372. The highest BCUT2D eigenvalue weighted by molar-refractivity contribution is 6.30. The SMILES string of the molecule is C=CCN1CC2(C1)CN(c1ccc3[nH]c(-c4c(NC[C@H](O)c5cccc(Cl)c5)ccnc4O)nc3c1)C2. The van der Waals surface area contributed by atoms with Crippen molar-refractivity contribution < 1.29 is 10.2 Å². The lowest BCUT2D eigenvalue weighted by molar-refractivity contribution is -0.0133. The first-order valence-corrected chi connectivity index (χ1v) is 12.7. The van der Waals surface area contributed by atoms with Gasteiger partial charge < -0.3 is 25.4 Å². The summed E-state index contributed by atoms with van der Waals surface area (Å²) in [7, 11) is 0. The molecule has 1 atom stereocenters. The van der Waals surface area contributed by atoms with E-state index in [4.69, 9.17) is 16.6 Å². The first-order chi connectivity index (χ1) is 17.9. The summed E-state index contributed by atoms with van der Waals surface area (Å²) in [6, 6.07) is 15.1. The summed E-state index contributed by atoms with van der Waals surface area (Å²) < 4.78 is 0. The number of aromatic nitrogens is 3. The van der Waals surface area contributed by atoms with Crippen LogP contribution in [0.3, 0.4) is 0 Å². The number of nitrogens with zero attached hydrogens (tertiary/aromatic N) is 4. The second-order valence-corrected chi connectivity index (χ2v) is 10.5. The zero-order valence-corrected chi connectivity index (χ0v) is 21.1. The van der Waals surface area contributed by atoms with Crippen molar-refractivity contribution in [2.45, 2.75) is 6.10 Å². The topological polar surface area (TPSA) is 101 Å². The van der Waals surface area contributed by atoms with Crippen molar-refractivity contribution in [2.75, 3.05) is 49.5 Å². The third kappa shape index (κ3) is 4.52. The quantitative estimate of drug-likeness (QED) is 0.257. The van der Waals surface area contributed by atoms with Crippen molar-refractivity contribution >= 4 is 34.0 Å². The van der Waals surface area contributed by atoms with Crippen LogP contribution in [-0.2, 0) is 0 Å². The number of imidazole rings is 1. The Morgan fingerprint density at radius 2 is 2.00 bits per heavy atom. The fourth-order valence-corrected chi connectivity index (χ4v) is 5.74. The maximum absolute atomic E-state index is 10.6. The molecule has 0 radical (unpaired) electrons. The Hall–Kier alpha value is -3.59. The summed E-state index contributed by atoms with van der Waals surface area (Å²) >= 11 is 6.06. The van der Waals surface area contributed by atoms with E-state index in [1.165, 1.54) is 6.20 Å². The van der Waals surface area contributed by atoms with E-state index in [9.17, 15) is 10.2 Å². The van der Waals surface area contributed by atoms with Crippen molar-refractivity contribution in [3.8, 4) is 17.3 Å². The Morgan fingerprint density at radius 3 is 2.78 bits per heavy atom. The Bertz CT molecular complexity index is 1460. The van der Waals surface area contributed by atoms with Crippen LogP contribution in [0.5, 0.6) is 5.88 Å². The van der Waals surface area contributed by atoms with Gasteiger partial charge in [0.15, 0.2) is 0 Å². The van der Waals surface area contributed by atoms with Gasteiger partial charge >= 0.3 is 0 Å². The minimum atomic E-state index is -0.778. The highest BCUT2D eigenvalue weighted by Crippen LogP contribution is 2.42. The summed E-state index contributed by atoms with van der Waals surface area (Å²) in [5.41, 5.74) is 5.04. The highest BCUT2D eigenvalue weighted by Gasteiger charge is 2.51. The van der Waals surface area contributed by atoms with Crippen LogP contribution in [0.4, 0.5) is 11.4 Å². The number of hydrogen-bond acceptors (Lipinski definition) is 7. The van der Waals surface area contributed by atoms with Gasteiger partial charge in [-0.1, -0.05) is 29.8 Å². The Kier molecular flexibility index (Phi) is 6.03. The number of aromatic amines is 1. The summed E-state index contributed by atoms with van der Waals surface area (Å²) in [4.78, 5) is 17.0. The number of aliphatic hydroxyl groups is 1. The molecule has 4 heterocycles. The predicted octanol–water partition coefficient (Wildman–Crippen LogP) is 4.44. The molecule has 0 saturated carbocycles. The number of aliphatic hydroxyl groups excluding tert-OH is 1. The molecule has 2 aromatic carbocycles. The van der Waals surface area contributed by atoms with E-state index in [1.807, 2.05) is 18.2 Å². The number of aromatic hydroxyl groups is 1. The second-order valence-electron chi connectivity index (χ2n) is 10.1. The maximum Gasteiger partial charge on any atom is 0.224 e. The molecule has 4 N–H and O–H groups in total. The van der Waals surface area contributed by atoms with Gasteiger partial charge in [-0.25, -0.2) is 9.97 Å². The number of halogens is 1. The fourth-order valence-electron chi connectivity index (χ4n) is 5.54. The molecule has 4 aromatic rings. The van der Waals surface area contributed by atoms with Crippen LogP contribution in [0, 0.1) is 5.41 Å². The molecule has 1 spiro atoms. The zero-order valence-electron chi connectivity index (χ0n) is 20.4. The van der Waals surface area contributed by atoms with Crippen LogP contribution in [0.1, 0.15) is 11.7 Å². The van der Waals surface area contributed by atoms with Gasteiger partial charge in [-0.3, -0.25) is 4.90 Å². The van der Waals surface area contributed by atoms with Crippen molar-refractivity contribution in [1.82, 2.24) is 19.9 Å². The van der Waals surface area contributed by atoms with Gasteiger partial charge in [0.2, 0.25) is 5.88 Å². The van der Waals surface area contributed by atoms with Gasteiger partial charge in [-0.2, -0.15) is 0 Å². The molecule has 8 nitrogen and oxygen atoms in total. The standard InChI is InChI=1S/C28H29ClN6O2/c1-2-10-34-14-28(15-34)16-35(17-28)20-6-7-21-23(12-20)33-26(32-21)25-22(8-9-30-27(25)37)31-13-24(36)18-4-3-5-19(29)11-18/h2-9,11-12,24,36H,1,10,13-17H2,(H,32,33)(H2,30,31,37)/t24-/m0/s1. The molecule has 2 fully saturated rings. The summed E-state index contributed by atoms with van der Waals surface area (Å²) in [6.07, 6.45) is 2.71. The molecule has 0 aliphatic carbocycles. The van der Waals surface area contributed by atoms with E-state index in [2.05, 4.69) is 43.8 Å². The number of anilines is 2. The monoisotopic (exact) mass is 516 g/mol. The van der Waals surface area contributed by atoms with Crippen LogP contribution < -0.4 is 10.2 Å². The average Bonchev–Trinajstić information content (AvgIpc) is 3.26. The molecular weight excluding hydrogens is 488 g/mol. The van der Waals surface area contributed by atoms with Gasteiger partial charge in [0.25, 0.3) is 0 Å². The number of likely N-dealkylation sites (tertiary alicyclic amines) is 1. The van der Waals surface area contributed by atoms with Crippen molar-refractivity contribution in [1.29, 1.82) is 0 Å². The lowest BCUT2D eigenvalue weighted by atomic mass is 9.72. The molecule has 0 amide bonds. The Labute approximate surface area is 220 Å². The lowest BCUT2D eigenvalue weighted by Gasteiger charge is -2.61. The van der Waals surface area contributed by atoms with E-state index in [-0.39, 0.29) is 12.4 Å². The van der Waals surface area contributed by atoms with Crippen LogP contribution in [0.2, 0.25) is 5.02 Å². The van der Waals surface area contributed by atoms with E-state index < -0.39 is 6.10 Å². The zero-order chi connectivity index (χ0) is 25.6. The number of fused-ring (bicyclic) bond motifs is 1. The largest absolute Gasteiger partial charge is 0.493 e. The van der Waals surface area contributed by atoms with Gasteiger partial charge in [-0.15, -0.1) is 6.58 Å². The first-order valence-electron chi connectivity index (χ1n) is 12.4.